The topological polar surface area (TPSA) is 131 Å². The van der Waals surface area contributed by atoms with Gasteiger partial charge in [0.05, 0.1) is 13.2 Å². The summed E-state index contributed by atoms with van der Waals surface area (Å²) >= 11 is 0. The smallest absolute Gasteiger partial charge is 0.463 e. The van der Waals surface area contributed by atoms with E-state index in [1.165, 1.54) is 116 Å². The van der Waals surface area contributed by atoms with Crippen LogP contribution in [0.25, 0.3) is 0 Å². The van der Waals surface area contributed by atoms with Crippen LogP contribution in [-0.2, 0) is 27.9 Å². The summed E-state index contributed by atoms with van der Waals surface area (Å²) in [5.41, 5.74) is 0. The summed E-state index contributed by atoms with van der Waals surface area (Å²) in [4.78, 5) is 33.9. The molecule has 0 saturated carbocycles. The predicted octanol–water partition coefficient (Wildman–Crippen LogP) is 12.6. The van der Waals surface area contributed by atoms with Gasteiger partial charge < -0.3 is 20.1 Å². The van der Waals surface area contributed by atoms with Crippen LogP contribution < -0.4 is 5.32 Å². The number of carbonyl (C=O) groups excluding carboxylic acids is 2. The number of aliphatic hydroxyl groups is 1. The lowest BCUT2D eigenvalue weighted by Gasteiger charge is -2.15. The number of unbranched alkanes of at least 4 members (excludes halogenated alkanes) is 23. The Bertz CT molecular complexity index is 1000. The molecule has 1 amide bonds. The number of hydrogen-bond donors (Lipinski definition) is 3. The summed E-state index contributed by atoms with van der Waals surface area (Å²) in [6.07, 6.45) is 46.4. The van der Waals surface area contributed by atoms with Crippen molar-refractivity contribution in [2.24, 2.45) is 0 Å². The van der Waals surface area contributed by atoms with Crippen LogP contribution in [0.15, 0.2) is 36.5 Å². The van der Waals surface area contributed by atoms with Crippen LogP contribution in [0.4, 0.5) is 0 Å². The Morgan fingerprint density at radius 3 is 1.51 bits per heavy atom. The van der Waals surface area contributed by atoms with Gasteiger partial charge in [-0.1, -0.05) is 179 Å². The molecule has 3 N–H and O–H groups in total. The number of phosphoric ester groups is 1. The van der Waals surface area contributed by atoms with Gasteiger partial charge in [-0.25, -0.2) is 4.57 Å². The number of allylic oxidation sites excluding steroid dienone is 6. The molecule has 0 aliphatic carbocycles. The van der Waals surface area contributed by atoms with E-state index in [0.29, 0.717) is 6.42 Å². The summed E-state index contributed by atoms with van der Waals surface area (Å²) in [5, 5.41) is 12.7. The zero-order valence-electron chi connectivity index (χ0n) is 35.4. The van der Waals surface area contributed by atoms with Gasteiger partial charge >= 0.3 is 13.8 Å². The number of amides is 1. The number of nitrogens with one attached hydrogen (secondary N) is 1. The molecule has 0 aliphatic rings. The first-order valence-corrected chi connectivity index (χ1v) is 24.0. The van der Waals surface area contributed by atoms with Crippen molar-refractivity contribution in [2.45, 2.75) is 213 Å². The van der Waals surface area contributed by atoms with Crippen LogP contribution >= 0.6 is 7.82 Å². The average molecular weight is 798 g/mol. The molecule has 0 rings (SSSR count). The van der Waals surface area contributed by atoms with E-state index in [0.717, 1.165) is 64.2 Å². The standard InChI is InChI=1S/C45H84NO8P/c1-3-5-7-9-11-13-15-17-18-19-20-21-22-23-24-26-28-30-32-34-36-38-45(49)52-41-43(47)42-54-55(50,51)53-40-39-46-44(48)37-35-33-31-29-27-25-16-14-12-10-8-6-4-2/h11,13,17-18,20-21,43,47H,3-10,12,14-16,19,22-42H2,1-2H3,(H,46,48)(H,50,51)/b13-11-,18-17-,21-20-. The van der Waals surface area contributed by atoms with E-state index in [2.05, 4.69) is 55.6 Å². The molecule has 9 nitrogen and oxygen atoms in total. The normalized spacial score (nSPS) is 13.6. The maximum absolute atomic E-state index is 12.1. The number of carbonyl (C=O) groups is 2. The first-order valence-electron chi connectivity index (χ1n) is 22.5. The fraction of sp³-hybridized carbons (Fsp3) is 0.822. The Balaban J connectivity index is 3.60. The summed E-state index contributed by atoms with van der Waals surface area (Å²) in [6.45, 7) is 3.53. The van der Waals surface area contributed by atoms with Gasteiger partial charge in [-0.2, -0.15) is 0 Å². The van der Waals surface area contributed by atoms with Gasteiger partial charge in [0.1, 0.15) is 12.7 Å². The lowest BCUT2D eigenvalue weighted by Crippen LogP contribution is -2.27. The van der Waals surface area contributed by atoms with Crippen LogP contribution in [0, 0.1) is 0 Å². The number of rotatable bonds is 42. The van der Waals surface area contributed by atoms with E-state index in [1.54, 1.807) is 0 Å². The number of ether oxygens (including phenoxy) is 1. The van der Waals surface area contributed by atoms with Gasteiger partial charge in [0, 0.05) is 19.4 Å². The lowest BCUT2D eigenvalue weighted by molar-refractivity contribution is -0.147. The molecule has 0 aromatic carbocycles. The van der Waals surface area contributed by atoms with Gasteiger partial charge in [0.15, 0.2) is 0 Å². The monoisotopic (exact) mass is 798 g/mol. The van der Waals surface area contributed by atoms with E-state index in [4.69, 9.17) is 13.8 Å². The summed E-state index contributed by atoms with van der Waals surface area (Å²) in [7, 11) is -4.41. The Hall–Kier alpha value is -1.77. The van der Waals surface area contributed by atoms with Crippen LogP contribution in [0.1, 0.15) is 206 Å². The second kappa shape index (κ2) is 41.9. The zero-order chi connectivity index (χ0) is 40.3. The SMILES string of the molecule is CCCCC/C=C\C/C=C\C/C=C\CCCCCCCCCCC(=O)OCC(O)COP(=O)(O)OCCNC(=O)CCCCCCCCCCCCCCC. The van der Waals surface area contributed by atoms with Crippen molar-refractivity contribution in [3.63, 3.8) is 0 Å². The van der Waals surface area contributed by atoms with E-state index in [1.807, 2.05) is 0 Å². The molecular weight excluding hydrogens is 713 g/mol. The molecule has 0 saturated heterocycles. The third-order valence-corrected chi connectivity index (χ3v) is 10.6. The van der Waals surface area contributed by atoms with Gasteiger partial charge in [0.2, 0.25) is 5.91 Å². The largest absolute Gasteiger partial charge is 0.472 e. The second-order valence-corrected chi connectivity index (χ2v) is 16.5. The molecule has 0 spiro atoms. The molecule has 10 heteroatoms. The van der Waals surface area contributed by atoms with E-state index < -0.39 is 26.5 Å². The highest BCUT2D eigenvalue weighted by molar-refractivity contribution is 7.47. The van der Waals surface area contributed by atoms with Crippen molar-refractivity contribution in [1.82, 2.24) is 5.32 Å². The highest BCUT2D eigenvalue weighted by Gasteiger charge is 2.23. The maximum atomic E-state index is 12.1. The molecule has 0 heterocycles. The Labute approximate surface area is 337 Å². The Morgan fingerprint density at radius 1 is 0.564 bits per heavy atom. The molecule has 0 fully saturated rings. The number of hydrogen-bond acceptors (Lipinski definition) is 7. The van der Waals surface area contributed by atoms with Crippen molar-refractivity contribution in [1.29, 1.82) is 0 Å². The van der Waals surface area contributed by atoms with Gasteiger partial charge in [-0.15, -0.1) is 0 Å². The van der Waals surface area contributed by atoms with Crippen molar-refractivity contribution in [2.75, 3.05) is 26.4 Å². The average Bonchev–Trinajstić information content (AvgIpc) is 3.17. The van der Waals surface area contributed by atoms with Crippen molar-refractivity contribution in [3.05, 3.63) is 36.5 Å². The molecule has 322 valence electrons. The second-order valence-electron chi connectivity index (χ2n) is 15.0. The first kappa shape index (κ1) is 53.2. The molecule has 0 aromatic heterocycles. The fourth-order valence-corrected chi connectivity index (χ4v) is 6.91. The summed E-state index contributed by atoms with van der Waals surface area (Å²) < 4.78 is 26.9. The van der Waals surface area contributed by atoms with Gasteiger partial charge in [0.25, 0.3) is 0 Å². The molecule has 0 bridgehead atoms. The Kier molecular flexibility index (Phi) is 40.5. The summed E-state index contributed by atoms with van der Waals surface area (Å²) in [5.74, 6) is -0.520. The number of esters is 1. The minimum Gasteiger partial charge on any atom is -0.463 e. The fourth-order valence-electron chi connectivity index (χ4n) is 6.15. The number of aliphatic hydroxyl groups excluding tert-OH is 1. The molecule has 2 unspecified atom stereocenters. The first-order chi connectivity index (χ1) is 26.8. The zero-order valence-corrected chi connectivity index (χ0v) is 36.3. The molecule has 0 aliphatic heterocycles. The quantitative estimate of drug-likeness (QED) is 0.0241. The highest BCUT2D eigenvalue weighted by Crippen LogP contribution is 2.42. The molecular formula is C45H84NO8P. The third-order valence-electron chi connectivity index (χ3n) is 9.57. The van der Waals surface area contributed by atoms with Crippen LogP contribution in [0.2, 0.25) is 0 Å². The van der Waals surface area contributed by atoms with E-state index >= 15 is 0 Å². The number of phosphoric acid groups is 1. The van der Waals surface area contributed by atoms with E-state index in [9.17, 15) is 24.2 Å². The van der Waals surface area contributed by atoms with Crippen LogP contribution in [0.3, 0.4) is 0 Å². The van der Waals surface area contributed by atoms with Crippen LogP contribution in [0.5, 0.6) is 0 Å². The summed E-state index contributed by atoms with van der Waals surface area (Å²) in [6, 6.07) is 0. The van der Waals surface area contributed by atoms with Crippen molar-refractivity contribution < 1.29 is 37.9 Å². The van der Waals surface area contributed by atoms with Crippen LogP contribution in [-0.4, -0.2) is 54.3 Å². The van der Waals surface area contributed by atoms with Gasteiger partial charge in [-0.3, -0.25) is 18.6 Å². The minimum absolute atomic E-state index is 0.0830. The third kappa shape index (κ3) is 43.2. The highest BCUT2D eigenvalue weighted by atomic mass is 31.2. The molecule has 0 aromatic rings. The molecule has 2 atom stereocenters. The van der Waals surface area contributed by atoms with Gasteiger partial charge in [-0.05, 0) is 51.4 Å². The van der Waals surface area contributed by atoms with Crippen molar-refractivity contribution >= 4 is 19.7 Å². The molecule has 55 heavy (non-hydrogen) atoms. The van der Waals surface area contributed by atoms with Crippen molar-refractivity contribution in [3.8, 4) is 0 Å². The maximum Gasteiger partial charge on any atom is 0.472 e. The predicted molar refractivity (Wildman–Crippen MR) is 229 cm³/mol. The van der Waals surface area contributed by atoms with E-state index in [-0.39, 0.29) is 32.1 Å². The lowest BCUT2D eigenvalue weighted by atomic mass is 10.0. The molecule has 0 radical (unpaired) electrons. The Morgan fingerprint density at radius 2 is 0.982 bits per heavy atom. The minimum atomic E-state index is -4.41.